The lowest BCUT2D eigenvalue weighted by atomic mass is 10.0. The van der Waals surface area contributed by atoms with E-state index in [0.717, 1.165) is 5.69 Å². The molecule has 0 unspecified atom stereocenters. The molecule has 14 heavy (non-hydrogen) atoms. The minimum absolute atomic E-state index is 0.133. The largest absolute Gasteiger partial charge is 0.492 e. The number of fused-ring (bicyclic) bond motifs is 1. The minimum atomic E-state index is 0.133. The Balaban J connectivity index is 2.44. The summed E-state index contributed by atoms with van der Waals surface area (Å²) in [5.74, 6) is 1.19. The fraction of sp³-hybridized carbons (Fsp3) is 0.455. The Labute approximate surface area is 83.1 Å². The molecule has 3 nitrogen and oxygen atoms in total. The van der Waals surface area contributed by atoms with E-state index < -0.39 is 0 Å². The molecule has 1 aliphatic rings. The van der Waals surface area contributed by atoms with Crippen LogP contribution in [-0.2, 0) is 0 Å². The summed E-state index contributed by atoms with van der Waals surface area (Å²) in [6.07, 6.45) is 2.10. The van der Waals surface area contributed by atoms with Crippen LogP contribution >= 0.6 is 0 Å². The molecule has 0 amide bonds. The second-order valence-electron chi connectivity index (χ2n) is 3.78. The number of carbonyl (C=O) groups excluding carboxylic acids is 1. The van der Waals surface area contributed by atoms with Gasteiger partial charge in [0.25, 0.3) is 0 Å². The van der Waals surface area contributed by atoms with Crippen molar-refractivity contribution in [3.63, 3.8) is 0 Å². The van der Waals surface area contributed by atoms with Crippen molar-refractivity contribution in [1.82, 2.24) is 4.98 Å². The van der Waals surface area contributed by atoms with Gasteiger partial charge in [-0.25, -0.2) is 0 Å². The summed E-state index contributed by atoms with van der Waals surface area (Å²) in [5, 5.41) is 0. The van der Waals surface area contributed by atoms with Crippen LogP contribution in [0.2, 0.25) is 0 Å². The predicted octanol–water partition coefficient (Wildman–Crippen LogP) is 2.17. The Morgan fingerprint density at radius 2 is 2.29 bits per heavy atom. The van der Waals surface area contributed by atoms with Gasteiger partial charge in [-0.3, -0.25) is 9.78 Å². The summed E-state index contributed by atoms with van der Waals surface area (Å²) in [6.45, 7) is 4.63. The SMILES string of the molecule is CC(C)c1cc2c(cn1)C(=O)CCO2. The Kier molecular flexibility index (Phi) is 2.23. The minimum Gasteiger partial charge on any atom is -0.492 e. The van der Waals surface area contributed by atoms with Gasteiger partial charge in [0.15, 0.2) is 5.78 Å². The highest BCUT2D eigenvalue weighted by Gasteiger charge is 2.19. The molecular formula is C11H13NO2. The molecule has 3 heteroatoms. The molecule has 0 N–H and O–H groups in total. The van der Waals surface area contributed by atoms with Gasteiger partial charge >= 0.3 is 0 Å². The molecule has 0 atom stereocenters. The summed E-state index contributed by atoms with van der Waals surface area (Å²) in [7, 11) is 0. The zero-order valence-electron chi connectivity index (χ0n) is 8.41. The number of hydrogen-bond donors (Lipinski definition) is 0. The number of nitrogens with zero attached hydrogens (tertiary/aromatic N) is 1. The van der Waals surface area contributed by atoms with Crippen LogP contribution in [0.25, 0.3) is 0 Å². The maximum Gasteiger partial charge on any atom is 0.171 e. The maximum absolute atomic E-state index is 11.4. The summed E-state index contributed by atoms with van der Waals surface area (Å²) in [6, 6.07) is 1.87. The zero-order valence-corrected chi connectivity index (χ0v) is 8.41. The second kappa shape index (κ2) is 3.40. The van der Waals surface area contributed by atoms with Crippen molar-refractivity contribution in [3.05, 3.63) is 23.5 Å². The standard InChI is InChI=1S/C11H13NO2/c1-7(2)9-5-11-8(6-12-9)10(13)3-4-14-11/h5-7H,3-4H2,1-2H3. The van der Waals surface area contributed by atoms with Crippen molar-refractivity contribution in [1.29, 1.82) is 0 Å². The smallest absolute Gasteiger partial charge is 0.171 e. The van der Waals surface area contributed by atoms with Gasteiger partial charge in [0.2, 0.25) is 0 Å². The van der Waals surface area contributed by atoms with Crippen molar-refractivity contribution in [2.75, 3.05) is 6.61 Å². The fourth-order valence-corrected chi connectivity index (χ4v) is 1.48. The van der Waals surface area contributed by atoms with Gasteiger partial charge in [0.05, 0.1) is 12.2 Å². The van der Waals surface area contributed by atoms with E-state index in [1.54, 1.807) is 6.20 Å². The average molecular weight is 191 g/mol. The summed E-state index contributed by atoms with van der Waals surface area (Å²) in [5.41, 5.74) is 1.60. The van der Waals surface area contributed by atoms with Gasteiger partial charge in [-0.1, -0.05) is 13.8 Å². The first-order valence-electron chi connectivity index (χ1n) is 4.84. The number of ether oxygens (including phenoxy) is 1. The van der Waals surface area contributed by atoms with Gasteiger partial charge < -0.3 is 4.74 Å². The number of Topliss-reactive ketones (excluding diaryl/α,β-unsaturated/α-hetero) is 1. The lowest BCUT2D eigenvalue weighted by molar-refractivity contribution is 0.0932. The quantitative estimate of drug-likeness (QED) is 0.682. The first-order chi connectivity index (χ1) is 6.68. The number of carbonyl (C=O) groups is 1. The molecule has 0 saturated carbocycles. The van der Waals surface area contributed by atoms with Gasteiger partial charge in [-0.15, -0.1) is 0 Å². The van der Waals surface area contributed by atoms with E-state index in [1.165, 1.54) is 0 Å². The van der Waals surface area contributed by atoms with Gasteiger partial charge in [-0.2, -0.15) is 0 Å². The summed E-state index contributed by atoms with van der Waals surface area (Å²) in [4.78, 5) is 15.7. The topological polar surface area (TPSA) is 39.2 Å². The van der Waals surface area contributed by atoms with Crippen molar-refractivity contribution in [2.24, 2.45) is 0 Å². The average Bonchev–Trinajstić information content (AvgIpc) is 2.17. The van der Waals surface area contributed by atoms with E-state index >= 15 is 0 Å². The highest BCUT2D eigenvalue weighted by molar-refractivity contribution is 5.99. The molecule has 0 aliphatic carbocycles. The molecule has 0 fully saturated rings. The second-order valence-corrected chi connectivity index (χ2v) is 3.78. The lowest BCUT2D eigenvalue weighted by Crippen LogP contribution is -2.16. The molecular weight excluding hydrogens is 178 g/mol. The van der Waals surface area contributed by atoms with Crippen LogP contribution in [0.1, 0.15) is 42.2 Å². The molecule has 1 aromatic heterocycles. The third-order valence-electron chi connectivity index (χ3n) is 2.37. The van der Waals surface area contributed by atoms with E-state index in [2.05, 4.69) is 18.8 Å². The third-order valence-corrected chi connectivity index (χ3v) is 2.37. The van der Waals surface area contributed by atoms with E-state index in [0.29, 0.717) is 30.3 Å². The van der Waals surface area contributed by atoms with Crippen molar-refractivity contribution < 1.29 is 9.53 Å². The highest BCUT2D eigenvalue weighted by atomic mass is 16.5. The first kappa shape index (κ1) is 9.19. The molecule has 1 aliphatic heterocycles. The molecule has 1 aromatic rings. The van der Waals surface area contributed by atoms with Crippen molar-refractivity contribution >= 4 is 5.78 Å². The number of aromatic nitrogens is 1. The van der Waals surface area contributed by atoms with Gasteiger partial charge in [0.1, 0.15) is 5.75 Å². The Bertz CT molecular complexity index is 372. The van der Waals surface area contributed by atoms with Gasteiger partial charge in [0, 0.05) is 24.4 Å². The molecule has 0 saturated heterocycles. The summed E-state index contributed by atoms with van der Waals surface area (Å²) < 4.78 is 5.42. The number of hydrogen-bond acceptors (Lipinski definition) is 3. The first-order valence-corrected chi connectivity index (χ1v) is 4.84. The molecule has 0 bridgehead atoms. The van der Waals surface area contributed by atoms with Crippen molar-refractivity contribution in [3.8, 4) is 5.75 Å². The Morgan fingerprint density at radius 3 is 3.00 bits per heavy atom. The number of rotatable bonds is 1. The monoisotopic (exact) mass is 191 g/mol. The molecule has 2 heterocycles. The number of pyridine rings is 1. The fourth-order valence-electron chi connectivity index (χ4n) is 1.48. The zero-order chi connectivity index (χ0) is 10.1. The molecule has 2 rings (SSSR count). The third kappa shape index (κ3) is 1.50. The lowest BCUT2D eigenvalue weighted by Gasteiger charge is -2.17. The van der Waals surface area contributed by atoms with Crippen LogP contribution in [0.5, 0.6) is 5.75 Å². The Hall–Kier alpha value is -1.38. The number of ketones is 1. The van der Waals surface area contributed by atoms with Crippen LogP contribution in [0.15, 0.2) is 12.3 Å². The molecule has 0 aromatic carbocycles. The van der Waals surface area contributed by atoms with E-state index in [-0.39, 0.29) is 5.78 Å². The van der Waals surface area contributed by atoms with Crippen LogP contribution in [-0.4, -0.2) is 17.4 Å². The molecule has 0 radical (unpaired) electrons. The van der Waals surface area contributed by atoms with Crippen LogP contribution in [0.4, 0.5) is 0 Å². The van der Waals surface area contributed by atoms with Crippen LogP contribution in [0, 0.1) is 0 Å². The van der Waals surface area contributed by atoms with Gasteiger partial charge in [-0.05, 0) is 5.92 Å². The predicted molar refractivity (Wildman–Crippen MR) is 52.8 cm³/mol. The Morgan fingerprint density at radius 1 is 1.50 bits per heavy atom. The van der Waals surface area contributed by atoms with E-state index in [1.807, 2.05) is 6.07 Å². The van der Waals surface area contributed by atoms with Crippen LogP contribution < -0.4 is 4.74 Å². The molecule has 0 spiro atoms. The normalized spacial score (nSPS) is 15.2. The van der Waals surface area contributed by atoms with Crippen LogP contribution in [0.3, 0.4) is 0 Å². The van der Waals surface area contributed by atoms with Crippen molar-refractivity contribution in [2.45, 2.75) is 26.2 Å². The highest BCUT2D eigenvalue weighted by Crippen LogP contribution is 2.26. The van der Waals surface area contributed by atoms with E-state index in [9.17, 15) is 4.79 Å². The van der Waals surface area contributed by atoms with E-state index in [4.69, 9.17) is 4.74 Å². The maximum atomic E-state index is 11.4. The molecule has 74 valence electrons. The summed E-state index contributed by atoms with van der Waals surface area (Å²) >= 11 is 0.